The maximum Gasteiger partial charge on any atom is 0.326 e. The van der Waals surface area contributed by atoms with Crippen molar-refractivity contribution in [2.24, 2.45) is 10.2 Å². The monoisotopic (exact) mass is 539 g/mol. The lowest BCUT2D eigenvalue weighted by Gasteiger charge is -2.12. The number of carbonyl (C=O) groups excluding carboxylic acids is 3. The minimum absolute atomic E-state index is 0.0114. The zero-order chi connectivity index (χ0) is 28.6. The third-order valence-corrected chi connectivity index (χ3v) is 5.99. The zero-order valence-corrected chi connectivity index (χ0v) is 22.4. The summed E-state index contributed by atoms with van der Waals surface area (Å²) in [7, 11) is 3.83. The molecule has 1 heterocycles. The minimum Gasteiger partial charge on any atom is -0.493 e. The Morgan fingerprint density at radius 3 is 2.33 bits per heavy atom. The largest absolute Gasteiger partial charge is 0.493 e. The smallest absolute Gasteiger partial charge is 0.326 e. The van der Waals surface area contributed by atoms with Crippen molar-refractivity contribution in [2.45, 2.75) is 13.5 Å². The fourth-order valence-corrected chi connectivity index (χ4v) is 3.99. The van der Waals surface area contributed by atoms with Crippen LogP contribution < -0.4 is 10.2 Å². The molecule has 4 aromatic rings. The van der Waals surface area contributed by atoms with E-state index < -0.39 is 17.8 Å². The highest BCUT2D eigenvalue weighted by Gasteiger charge is 2.20. The topological polar surface area (TPSA) is 126 Å². The van der Waals surface area contributed by atoms with Crippen LogP contribution in [0.2, 0.25) is 0 Å². The number of azo groups is 1. The SMILES string of the molecule is CCOC(=O)Cn1c(O)c(N=NC(=O)C(=Cc2ccc(N(C)C)cc2)NC(=O)c2ccccc2)c2ccccc21. The summed E-state index contributed by atoms with van der Waals surface area (Å²) in [4.78, 5) is 40.2. The number of aromatic nitrogens is 1. The molecule has 0 fully saturated rings. The second-order valence-corrected chi connectivity index (χ2v) is 8.95. The fourth-order valence-electron chi connectivity index (χ4n) is 3.99. The van der Waals surface area contributed by atoms with E-state index in [4.69, 9.17) is 4.74 Å². The maximum atomic E-state index is 13.3. The number of carbonyl (C=O) groups is 3. The molecule has 4 rings (SSSR count). The normalized spacial score (nSPS) is 11.5. The molecular formula is C30H29N5O5. The van der Waals surface area contributed by atoms with E-state index in [9.17, 15) is 19.5 Å². The third kappa shape index (κ3) is 6.41. The van der Waals surface area contributed by atoms with Crippen LogP contribution in [0.15, 0.2) is 94.8 Å². The lowest BCUT2D eigenvalue weighted by molar-refractivity contribution is -0.143. The van der Waals surface area contributed by atoms with Crippen LogP contribution >= 0.6 is 0 Å². The first-order valence-corrected chi connectivity index (χ1v) is 12.6. The molecule has 10 nitrogen and oxygen atoms in total. The first-order chi connectivity index (χ1) is 19.3. The molecule has 0 atom stereocenters. The van der Waals surface area contributed by atoms with E-state index in [1.54, 1.807) is 61.5 Å². The number of benzene rings is 3. The summed E-state index contributed by atoms with van der Waals surface area (Å²) in [5, 5.41) is 21.9. The molecule has 40 heavy (non-hydrogen) atoms. The Bertz CT molecular complexity index is 1590. The molecule has 0 aliphatic heterocycles. The second-order valence-electron chi connectivity index (χ2n) is 8.95. The molecule has 0 spiro atoms. The first-order valence-electron chi connectivity index (χ1n) is 12.6. The van der Waals surface area contributed by atoms with E-state index in [2.05, 4.69) is 15.5 Å². The number of fused-ring (bicyclic) bond motifs is 1. The maximum absolute atomic E-state index is 13.3. The Morgan fingerprint density at radius 1 is 0.975 bits per heavy atom. The van der Waals surface area contributed by atoms with Crippen molar-refractivity contribution in [2.75, 3.05) is 25.6 Å². The molecule has 2 amide bonds. The van der Waals surface area contributed by atoms with Crippen LogP contribution in [0, 0.1) is 0 Å². The predicted octanol–water partition coefficient (Wildman–Crippen LogP) is 5.06. The van der Waals surface area contributed by atoms with Crippen molar-refractivity contribution in [3.63, 3.8) is 0 Å². The van der Waals surface area contributed by atoms with Crippen molar-refractivity contribution >= 4 is 46.1 Å². The summed E-state index contributed by atoms with van der Waals surface area (Å²) in [5.41, 5.74) is 2.41. The van der Waals surface area contributed by atoms with Crippen molar-refractivity contribution in [3.05, 3.63) is 95.7 Å². The molecule has 0 saturated carbocycles. The van der Waals surface area contributed by atoms with Crippen molar-refractivity contribution in [1.29, 1.82) is 0 Å². The fraction of sp³-hybridized carbons (Fsp3) is 0.167. The van der Waals surface area contributed by atoms with Crippen LogP contribution in [0.5, 0.6) is 5.88 Å². The van der Waals surface area contributed by atoms with Gasteiger partial charge in [-0.2, -0.15) is 0 Å². The number of hydrogen-bond acceptors (Lipinski definition) is 7. The van der Waals surface area contributed by atoms with Gasteiger partial charge in [-0.1, -0.05) is 48.5 Å². The van der Waals surface area contributed by atoms with Crippen molar-refractivity contribution < 1.29 is 24.2 Å². The molecule has 2 N–H and O–H groups in total. The lowest BCUT2D eigenvalue weighted by atomic mass is 10.1. The Kier molecular flexibility index (Phi) is 8.70. The molecule has 3 aromatic carbocycles. The molecule has 204 valence electrons. The van der Waals surface area contributed by atoms with Gasteiger partial charge in [0.2, 0.25) is 5.88 Å². The van der Waals surface area contributed by atoms with Gasteiger partial charge < -0.3 is 20.1 Å². The van der Waals surface area contributed by atoms with Gasteiger partial charge in [0.25, 0.3) is 5.91 Å². The Balaban J connectivity index is 1.69. The standard InChI is InChI=1S/C30H29N5O5/c1-4-40-26(36)19-35-25-13-9-8-12-23(25)27(30(35)39)32-33-29(38)24(31-28(37)21-10-6-5-7-11-21)18-20-14-16-22(17-15-20)34(2)3/h5-18,39H,4,19H2,1-3H3,(H,31,37). The number of aromatic hydroxyl groups is 1. The summed E-state index contributed by atoms with van der Waals surface area (Å²) in [6.07, 6.45) is 1.51. The highest BCUT2D eigenvalue weighted by atomic mass is 16.5. The van der Waals surface area contributed by atoms with Gasteiger partial charge in [0.05, 0.1) is 12.1 Å². The number of rotatable bonds is 9. The minimum atomic E-state index is -0.831. The van der Waals surface area contributed by atoms with Gasteiger partial charge in [-0.05, 0) is 48.9 Å². The lowest BCUT2D eigenvalue weighted by Crippen LogP contribution is -2.26. The summed E-state index contributed by atoms with van der Waals surface area (Å²) in [6.45, 7) is 1.64. The van der Waals surface area contributed by atoms with Gasteiger partial charge in [0.15, 0.2) is 5.69 Å². The van der Waals surface area contributed by atoms with E-state index in [1.807, 2.05) is 43.3 Å². The highest BCUT2D eigenvalue weighted by Crippen LogP contribution is 2.38. The number of amides is 2. The number of ether oxygens (including phenoxy) is 1. The van der Waals surface area contributed by atoms with Crippen molar-refractivity contribution in [1.82, 2.24) is 9.88 Å². The molecule has 0 unspecified atom stereocenters. The van der Waals surface area contributed by atoms with Crippen molar-refractivity contribution in [3.8, 4) is 5.88 Å². The second kappa shape index (κ2) is 12.5. The highest BCUT2D eigenvalue weighted by molar-refractivity contribution is 6.06. The van der Waals surface area contributed by atoms with E-state index in [-0.39, 0.29) is 30.4 Å². The number of para-hydroxylation sites is 1. The molecule has 0 bridgehead atoms. The summed E-state index contributed by atoms with van der Waals surface area (Å²) in [6, 6.07) is 22.7. The van der Waals surface area contributed by atoms with Gasteiger partial charge >= 0.3 is 11.9 Å². The molecule has 0 radical (unpaired) electrons. The van der Waals surface area contributed by atoms with Crippen LogP contribution in [0.3, 0.4) is 0 Å². The zero-order valence-electron chi connectivity index (χ0n) is 22.4. The average molecular weight is 540 g/mol. The number of hydrogen-bond donors (Lipinski definition) is 2. The van der Waals surface area contributed by atoms with Gasteiger partial charge in [0.1, 0.15) is 12.2 Å². The summed E-state index contributed by atoms with van der Waals surface area (Å²) >= 11 is 0. The number of esters is 1. The Morgan fingerprint density at radius 2 is 1.65 bits per heavy atom. The Hall–Kier alpha value is -5.25. The number of nitrogens with zero attached hydrogens (tertiary/aromatic N) is 4. The number of anilines is 1. The average Bonchev–Trinajstić information content (AvgIpc) is 3.22. The van der Waals surface area contributed by atoms with Gasteiger partial charge in [-0.25, -0.2) is 0 Å². The van der Waals surface area contributed by atoms with Crippen LogP contribution in [0.25, 0.3) is 17.0 Å². The summed E-state index contributed by atoms with van der Waals surface area (Å²) < 4.78 is 6.35. The molecular weight excluding hydrogens is 510 g/mol. The molecule has 0 aliphatic carbocycles. The molecule has 0 saturated heterocycles. The Labute approximate surface area is 231 Å². The number of nitrogens with one attached hydrogen (secondary N) is 1. The van der Waals surface area contributed by atoms with Gasteiger partial charge in [-0.15, -0.1) is 10.2 Å². The van der Waals surface area contributed by atoms with E-state index in [1.165, 1.54) is 10.6 Å². The molecule has 0 aliphatic rings. The van der Waals surface area contributed by atoms with E-state index >= 15 is 0 Å². The quantitative estimate of drug-likeness (QED) is 0.174. The van der Waals surface area contributed by atoms with Gasteiger partial charge in [0, 0.05) is 30.7 Å². The van der Waals surface area contributed by atoms with Crippen LogP contribution in [-0.2, 0) is 20.9 Å². The first kappa shape index (κ1) is 27.8. The van der Waals surface area contributed by atoms with Gasteiger partial charge in [-0.3, -0.25) is 19.0 Å². The van der Waals surface area contributed by atoms with Crippen LogP contribution in [-0.4, -0.2) is 48.2 Å². The van der Waals surface area contributed by atoms with E-state index in [0.717, 1.165) is 5.69 Å². The van der Waals surface area contributed by atoms with Crippen LogP contribution in [0.4, 0.5) is 11.4 Å². The summed E-state index contributed by atoms with van der Waals surface area (Å²) in [5.74, 6) is -2.20. The molecule has 1 aromatic heterocycles. The predicted molar refractivity (Wildman–Crippen MR) is 152 cm³/mol. The third-order valence-electron chi connectivity index (χ3n) is 5.99. The van der Waals surface area contributed by atoms with Crippen LogP contribution in [0.1, 0.15) is 22.8 Å². The van der Waals surface area contributed by atoms with E-state index in [0.29, 0.717) is 22.0 Å². The molecule has 10 heteroatoms.